The number of hydrogen-bond acceptors (Lipinski definition) is 3. The van der Waals surface area contributed by atoms with Crippen LogP contribution in [0.1, 0.15) is 16.5 Å². The zero-order valence-electron chi connectivity index (χ0n) is 10.0. The summed E-state index contributed by atoms with van der Waals surface area (Å²) in [6.07, 6.45) is -5.38. The highest BCUT2D eigenvalue weighted by atomic mass is 35.5. The van der Waals surface area contributed by atoms with E-state index >= 15 is 0 Å². The molecule has 0 saturated heterocycles. The standard InChI is InChI=1S/C13H10ClF3O2S/c14-12-5-4-10(20-12)7-11(18)8-2-1-3-9(6-8)19-13(15,16)17/h1-6,11,18H,7H2. The maximum Gasteiger partial charge on any atom is 0.573 e. The lowest BCUT2D eigenvalue weighted by atomic mass is 10.1. The third kappa shape index (κ3) is 4.40. The van der Waals surface area contributed by atoms with Gasteiger partial charge in [0.2, 0.25) is 0 Å². The van der Waals surface area contributed by atoms with Gasteiger partial charge in [-0.15, -0.1) is 24.5 Å². The first-order chi connectivity index (χ1) is 9.33. The van der Waals surface area contributed by atoms with Crippen molar-refractivity contribution in [1.29, 1.82) is 0 Å². The van der Waals surface area contributed by atoms with Crippen molar-refractivity contribution in [3.63, 3.8) is 0 Å². The summed E-state index contributed by atoms with van der Waals surface area (Å²) < 4.78 is 40.8. The van der Waals surface area contributed by atoms with Gasteiger partial charge in [0.25, 0.3) is 0 Å². The maximum absolute atomic E-state index is 12.1. The summed E-state index contributed by atoms with van der Waals surface area (Å²) in [5.41, 5.74) is 0.358. The predicted octanol–water partition coefficient (Wildman–Crippen LogP) is 4.58. The van der Waals surface area contributed by atoms with Gasteiger partial charge in [0.05, 0.1) is 10.4 Å². The number of aliphatic hydroxyl groups excluding tert-OH is 1. The summed E-state index contributed by atoms with van der Waals surface area (Å²) in [6.45, 7) is 0. The minimum absolute atomic E-state index is 0.285. The highest BCUT2D eigenvalue weighted by molar-refractivity contribution is 7.16. The van der Waals surface area contributed by atoms with E-state index in [-0.39, 0.29) is 12.2 Å². The largest absolute Gasteiger partial charge is 0.573 e. The molecule has 1 heterocycles. The first kappa shape index (κ1) is 15.2. The van der Waals surface area contributed by atoms with Crippen LogP contribution in [0, 0.1) is 0 Å². The van der Waals surface area contributed by atoms with Crippen molar-refractivity contribution in [3.05, 3.63) is 51.2 Å². The summed E-state index contributed by atoms with van der Waals surface area (Å²) in [5, 5.41) is 10.0. The molecule has 1 unspecified atom stereocenters. The Labute approximate surface area is 122 Å². The quantitative estimate of drug-likeness (QED) is 0.893. The van der Waals surface area contributed by atoms with E-state index < -0.39 is 12.5 Å². The molecule has 1 atom stereocenters. The number of rotatable bonds is 4. The molecule has 2 rings (SSSR count). The number of ether oxygens (including phenoxy) is 1. The van der Waals surface area contributed by atoms with E-state index in [9.17, 15) is 18.3 Å². The molecule has 1 aromatic carbocycles. The SMILES string of the molecule is OC(Cc1ccc(Cl)s1)c1cccc(OC(F)(F)F)c1. The molecule has 20 heavy (non-hydrogen) atoms. The Kier molecular flexibility index (Phi) is 4.57. The number of benzene rings is 1. The van der Waals surface area contributed by atoms with Gasteiger partial charge in [0.15, 0.2) is 0 Å². The van der Waals surface area contributed by atoms with E-state index in [1.807, 2.05) is 0 Å². The summed E-state index contributed by atoms with van der Waals surface area (Å²) in [5.74, 6) is -0.349. The summed E-state index contributed by atoms with van der Waals surface area (Å²) >= 11 is 7.10. The predicted molar refractivity (Wildman–Crippen MR) is 71.1 cm³/mol. The van der Waals surface area contributed by atoms with Crippen LogP contribution in [0.3, 0.4) is 0 Å². The van der Waals surface area contributed by atoms with Crippen LogP contribution in [-0.2, 0) is 6.42 Å². The lowest BCUT2D eigenvalue weighted by molar-refractivity contribution is -0.274. The van der Waals surface area contributed by atoms with Gasteiger partial charge in [0.1, 0.15) is 5.75 Å². The van der Waals surface area contributed by atoms with E-state index in [0.29, 0.717) is 9.90 Å². The van der Waals surface area contributed by atoms with Gasteiger partial charge in [-0.3, -0.25) is 0 Å². The fraction of sp³-hybridized carbons (Fsp3) is 0.231. The Balaban J connectivity index is 2.10. The third-order valence-electron chi connectivity index (χ3n) is 2.50. The first-order valence-electron chi connectivity index (χ1n) is 5.61. The Morgan fingerprint density at radius 1 is 1.25 bits per heavy atom. The monoisotopic (exact) mass is 322 g/mol. The molecular weight excluding hydrogens is 313 g/mol. The van der Waals surface area contributed by atoms with Crippen molar-refractivity contribution >= 4 is 22.9 Å². The molecule has 7 heteroatoms. The van der Waals surface area contributed by atoms with Crippen molar-refractivity contribution < 1.29 is 23.0 Å². The highest BCUT2D eigenvalue weighted by Crippen LogP contribution is 2.29. The molecule has 108 valence electrons. The van der Waals surface area contributed by atoms with Gasteiger partial charge in [0, 0.05) is 11.3 Å². The molecule has 2 nitrogen and oxygen atoms in total. The van der Waals surface area contributed by atoms with Crippen molar-refractivity contribution in [2.75, 3.05) is 0 Å². The number of hydrogen-bond donors (Lipinski definition) is 1. The molecule has 0 aliphatic heterocycles. The number of aliphatic hydroxyl groups is 1. The van der Waals surface area contributed by atoms with Crippen molar-refractivity contribution in [2.45, 2.75) is 18.9 Å². The molecule has 0 aliphatic carbocycles. The average molecular weight is 323 g/mol. The molecule has 0 bridgehead atoms. The molecule has 0 fully saturated rings. The number of alkyl halides is 3. The van der Waals surface area contributed by atoms with Crippen LogP contribution in [0.5, 0.6) is 5.75 Å². The molecule has 0 saturated carbocycles. The van der Waals surface area contributed by atoms with E-state index in [4.69, 9.17) is 11.6 Å². The first-order valence-corrected chi connectivity index (χ1v) is 6.81. The van der Waals surface area contributed by atoms with E-state index in [1.165, 1.54) is 29.5 Å². The van der Waals surface area contributed by atoms with Gasteiger partial charge >= 0.3 is 6.36 Å². The van der Waals surface area contributed by atoms with E-state index in [2.05, 4.69) is 4.74 Å². The lowest BCUT2D eigenvalue weighted by Gasteiger charge is -2.13. The van der Waals surface area contributed by atoms with Crippen LogP contribution in [-0.4, -0.2) is 11.5 Å². The van der Waals surface area contributed by atoms with Crippen LogP contribution in [0.25, 0.3) is 0 Å². The van der Waals surface area contributed by atoms with Crippen LogP contribution in [0.15, 0.2) is 36.4 Å². The molecule has 1 aromatic heterocycles. The molecule has 1 N–H and O–H groups in total. The van der Waals surface area contributed by atoms with Crippen molar-refractivity contribution in [1.82, 2.24) is 0 Å². The van der Waals surface area contributed by atoms with Crippen LogP contribution < -0.4 is 4.74 Å². The van der Waals surface area contributed by atoms with Gasteiger partial charge in [-0.1, -0.05) is 23.7 Å². The fourth-order valence-corrected chi connectivity index (χ4v) is 2.81. The number of halogens is 4. The molecule has 0 spiro atoms. The van der Waals surface area contributed by atoms with Crippen LogP contribution in [0.4, 0.5) is 13.2 Å². The summed E-state index contributed by atoms with van der Waals surface area (Å²) in [6, 6.07) is 8.78. The average Bonchev–Trinajstić information content (AvgIpc) is 2.73. The topological polar surface area (TPSA) is 29.5 Å². The molecule has 2 aromatic rings. The minimum atomic E-state index is -4.75. The molecular formula is C13H10ClF3O2S. The molecule has 0 aliphatic rings. The Hall–Kier alpha value is -1.24. The summed E-state index contributed by atoms with van der Waals surface area (Å²) in [4.78, 5) is 0.852. The fourth-order valence-electron chi connectivity index (χ4n) is 1.69. The second-order valence-corrected chi connectivity index (χ2v) is 5.85. The second kappa shape index (κ2) is 6.03. The molecule has 0 amide bonds. The van der Waals surface area contributed by atoms with Crippen LogP contribution >= 0.6 is 22.9 Å². The van der Waals surface area contributed by atoms with Gasteiger partial charge in [-0.05, 0) is 29.8 Å². The lowest BCUT2D eigenvalue weighted by Crippen LogP contribution is -2.17. The van der Waals surface area contributed by atoms with Crippen molar-refractivity contribution in [2.24, 2.45) is 0 Å². The summed E-state index contributed by atoms with van der Waals surface area (Å²) in [7, 11) is 0. The van der Waals surface area contributed by atoms with Gasteiger partial charge in [-0.2, -0.15) is 0 Å². The Bertz CT molecular complexity index is 583. The third-order valence-corrected chi connectivity index (χ3v) is 3.75. The second-order valence-electron chi connectivity index (χ2n) is 4.05. The maximum atomic E-state index is 12.1. The van der Waals surface area contributed by atoms with Crippen LogP contribution in [0.2, 0.25) is 4.34 Å². The minimum Gasteiger partial charge on any atom is -0.406 e. The zero-order valence-corrected chi connectivity index (χ0v) is 11.6. The van der Waals surface area contributed by atoms with Gasteiger partial charge < -0.3 is 9.84 Å². The Morgan fingerprint density at radius 2 is 2.00 bits per heavy atom. The normalized spacial score (nSPS) is 13.2. The van der Waals surface area contributed by atoms with Gasteiger partial charge in [-0.25, -0.2) is 0 Å². The van der Waals surface area contributed by atoms with E-state index in [1.54, 1.807) is 18.2 Å². The van der Waals surface area contributed by atoms with Crippen molar-refractivity contribution in [3.8, 4) is 5.75 Å². The molecule has 0 radical (unpaired) electrons. The highest BCUT2D eigenvalue weighted by Gasteiger charge is 2.31. The zero-order chi connectivity index (χ0) is 14.8. The Morgan fingerprint density at radius 3 is 2.60 bits per heavy atom. The smallest absolute Gasteiger partial charge is 0.406 e. The number of thiophene rings is 1. The van der Waals surface area contributed by atoms with E-state index in [0.717, 1.165) is 4.88 Å².